The highest BCUT2D eigenvalue weighted by molar-refractivity contribution is 6.33. The third kappa shape index (κ3) is 4.69. The highest BCUT2D eigenvalue weighted by Crippen LogP contribution is 2.26. The molecule has 1 aromatic rings. The van der Waals surface area contributed by atoms with E-state index >= 15 is 0 Å². The molecule has 22 heavy (non-hydrogen) atoms. The molecule has 0 bridgehead atoms. The molecule has 0 aliphatic carbocycles. The summed E-state index contributed by atoms with van der Waals surface area (Å²) in [5.74, 6) is -0.338. The average molecular weight is 326 g/mol. The molecule has 2 amide bonds. The smallest absolute Gasteiger partial charge is 0.253 e. The molecule has 4 N–H and O–H groups in total. The number of ether oxygens (including phenoxy) is 1. The molecule has 1 aliphatic heterocycles. The zero-order valence-corrected chi connectivity index (χ0v) is 13.0. The molecule has 2 rings (SSSR count). The van der Waals surface area contributed by atoms with Gasteiger partial charge in [0.1, 0.15) is 6.10 Å². The van der Waals surface area contributed by atoms with Crippen LogP contribution in [0.4, 0.5) is 11.4 Å². The van der Waals surface area contributed by atoms with Crippen LogP contribution in [-0.4, -0.2) is 31.1 Å². The van der Waals surface area contributed by atoms with Crippen molar-refractivity contribution in [3.05, 3.63) is 23.2 Å². The lowest BCUT2D eigenvalue weighted by Crippen LogP contribution is -2.26. The lowest BCUT2D eigenvalue weighted by molar-refractivity contribution is -0.124. The van der Waals surface area contributed by atoms with Crippen LogP contribution in [0.1, 0.15) is 25.7 Å². The van der Waals surface area contributed by atoms with Gasteiger partial charge in [-0.05, 0) is 44.0 Å². The largest absolute Gasteiger partial charge is 0.368 e. The molecular formula is C15H20ClN3O3. The molecular weight excluding hydrogens is 306 g/mol. The molecule has 120 valence electrons. The number of amides is 2. The van der Waals surface area contributed by atoms with Crippen molar-refractivity contribution < 1.29 is 14.3 Å². The van der Waals surface area contributed by atoms with Gasteiger partial charge in [0, 0.05) is 18.7 Å². The Bertz CT molecular complexity index is 545. The van der Waals surface area contributed by atoms with Crippen LogP contribution >= 0.6 is 11.6 Å². The van der Waals surface area contributed by atoms with E-state index in [1.165, 1.54) is 0 Å². The zero-order chi connectivity index (χ0) is 15.9. The molecule has 6 nitrogen and oxygen atoms in total. The number of rotatable bonds is 6. The van der Waals surface area contributed by atoms with E-state index in [2.05, 4.69) is 10.6 Å². The number of hydrogen-bond acceptors (Lipinski definition) is 4. The topological polar surface area (TPSA) is 93.5 Å². The van der Waals surface area contributed by atoms with Crippen molar-refractivity contribution >= 4 is 34.8 Å². The average Bonchev–Trinajstić information content (AvgIpc) is 3.03. The lowest BCUT2D eigenvalue weighted by atomic mass is 10.2. The molecule has 1 aromatic carbocycles. The molecule has 1 fully saturated rings. The fourth-order valence-electron chi connectivity index (χ4n) is 2.18. The number of carbonyl (C=O) groups is 2. The molecule has 0 aromatic heterocycles. The van der Waals surface area contributed by atoms with E-state index in [0.29, 0.717) is 42.4 Å². The third-order valence-electron chi connectivity index (χ3n) is 3.34. The molecule has 1 saturated heterocycles. The molecule has 1 aliphatic rings. The number of benzene rings is 1. The Labute approximate surface area is 134 Å². The molecule has 1 atom stereocenters. The second kappa shape index (κ2) is 8.12. The predicted octanol–water partition coefficient (Wildman–Crippen LogP) is 2.13. The number of nitrogens with one attached hydrogen (secondary N) is 2. The van der Waals surface area contributed by atoms with Crippen LogP contribution in [0.3, 0.4) is 0 Å². The van der Waals surface area contributed by atoms with Crippen molar-refractivity contribution in [3.8, 4) is 0 Å². The van der Waals surface area contributed by atoms with Gasteiger partial charge in [-0.1, -0.05) is 11.6 Å². The maximum absolute atomic E-state index is 12.0. The molecule has 0 saturated carbocycles. The zero-order valence-electron chi connectivity index (χ0n) is 12.2. The minimum Gasteiger partial charge on any atom is -0.368 e. The van der Waals surface area contributed by atoms with E-state index in [0.717, 1.165) is 12.8 Å². The van der Waals surface area contributed by atoms with Gasteiger partial charge in [-0.15, -0.1) is 0 Å². The fraction of sp³-hybridized carbons (Fsp3) is 0.467. The molecule has 1 unspecified atom stereocenters. The Kier molecular flexibility index (Phi) is 6.18. The minimum atomic E-state index is -0.404. The highest BCUT2D eigenvalue weighted by Gasteiger charge is 2.23. The third-order valence-corrected chi connectivity index (χ3v) is 3.67. The van der Waals surface area contributed by atoms with Gasteiger partial charge < -0.3 is 21.1 Å². The number of halogens is 1. The van der Waals surface area contributed by atoms with Crippen LogP contribution in [0.5, 0.6) is 0 Å². The maximum atomic E-state index is 12.0. The Morgan fingerprint density at radius 2 is 2.18 bits per heavy atom. The summed E-state index contributed by atoms with van der Waals surface area (Å²) in [6.45, 7) is 1.07. The molecule has 0 radical (unpaired) electrons. The van der Waals surface area contributed by atoms with Crippen LogP contribution in [0.2, 0.25) is 5.02 Å². The maximum Gasteiger partial charge on any atom is 0.253 e. The summed E-state index contributed by atoms with van der Waals surface area (Å²) in [6, 6.07) is 4.95. The first-order valence-corrected chi connectivity index (χ1v) is 7.70. The minimum absolute atomic E-state index is 0.157. The molecule has 1 heterocycles. The van der Waals surface area contributed by atoms with Gasteiger partial charge in [0.15, 0.2) is 0 Å². The van der Waals surface area contributed by atoms with E-state index in [1.54, 1.807) is 18.2 Å². The molecule has 0 spiro atoms. The van der Waals surface area contributed by atoms with Crippen molar-refractivity contribution in [1.29, 1.82) is 0 Å². The van der Waals surface area contributed by atoms with Crippen molar-refractivity contribution in [2.75, 3.05) is 23.8 Å². The van der Waals surface area contributed by atoms with E-state index in [-0.39, 0.29) is 11.8 Å². The van der Waals surface area contributed by atoms with E-state index in [9.17, 15) is 9.59 Å². The summed E-state index contributed by atoms with van der Waals surface area (Å²) in [5, 5.41) is 5.91. The van der Waals surface area contributed by atoms with E-state index in [4.69, 9.17) is 22.1 Å². The van der Waals surface area contributed by atoms with Crippen LogP contribution in [0.15, 0.2) is 18.2 Å². The van der Waals surface area contributed by atoms with Crippen molar-refractivity contribution in [1.82, 2.24) is 0 Å². The van der Waals surface area contributed by atoms with Crippen LogP contribution in [-0.2, 0) is 14.3 Å². The second-order valence-electron chi connectivity index (χ2n) is 5.13. The summed E-state index contributed by atoms with van der Waals surface area (Å²) in [5.41, 5.74) is 6.41. The summed E-state index contributed by atoms with van der Waals surface area (Å²) < 4.78 is 5.33. The summed E-state index contributed by atoms with van der Waals surface area (Å²) in [6.07, 6.45) is 2.15. The SMILES string of the molecule is NCCCC(=O)Nc1cc(NC(=O)C2CCCO2)ccc1Cl. The quantitative estimate of drug-likeness (QED) is 0.747. The van der Waals surface area contributed by atoms with Gasteiger partial charge in [0.25, 0.3) is 5.91 Å². The van der Waals surface area contributed by atoms with Gasteiger partial charge in [-0.2, -0.15) is 0 Å². The first-order valence-electron chi connectivity index (χ1n) is 7.32. The lowest BCUT2D eigenvalue weighted by Gasteiger charge is -2.13. The molecule has 7 heteroatoms. The van der Waals surface area contributed by atoms with Crippen LogP contribution in [0.25, 0.3) is 0 Å². The fourth-order valence-corrected chi connectivity index (χ4v) is 2.35. The van der Waals surface area contributed by atoms with Gasteiger partial charge in [0.2, 0.25) is 5.91 Å². The van der Waals surface area contributed by atoms with Crippen LogP contribution in [0, 0.1) is 0 Å². The van der Waals surface area contributed by atoms with Crippen molar-refractivity contribution in [3.63, 3.8) is 0 Å². The number of anilines is 2. The first kappa shape index (κ1) is 16.7. The second-order valence-corrected chi connectivity index (χ2v) is 5.53. The van der Waals surface area contributed by atoms with Gasteiger partial charge in [-0.3, -0.25) is 9.59 Å². The summed E-state index contributed by atoms with van der Waals surface area (Å²) in [7, 11) is 0. The van der Waals surface area contributed by atoms with Crippen molar-refractivity contribution in [2.45, 2.75) is 31.8 Å². The van der Waals surface area contributed by atoms with Gasteiger partial charge in [-0.25, -0.2) is 0 Å². The Morgan fingerprint density at radius 3 is 2.86 bits per heavy atom. The summed E-state index contributed by atoms with van der Waals surface area (Å²) in [4.78, 5) is 23.7. The highest BCUT2D eigenvalue weighted by atomic mass is 35.5. The van der Waals surface area contributed by atoms with Gasteiger partial charge in [0.05, 0.1) is 10.7 Å². The Morgan fingerprint density at radius 1 is 1.36 bits per heavy atom. The first-order chi connectivity index (χ1) is 10.6. The van der Waals surface area contributed by atoms with Crippen LogP contribution < -0.4 is 16.4 Å². The van der Waals surface area contributed by atoms with E-state index in [1.807, 2.05) is 0 Å². The van der Waals surface area contributed by atoms with E-state index < -0.39 is 6.10 Å². The predicted molar refractivity (Wildman–Crippen MR) is 86.0 cm³/mol. The number of nitrogens with two attached hydrogens (primary N) is 1. The Balaban J connectivity index is 1.99. The Hall–Kier alpha value is -1.63. The monoisotopic (exact) mass is 325 g/mol. The normalized spacial score (nSPS) is 17.3. The number of hydrogen-bond donors (Lipinski definition) is 3. The van der Waals surface area contributed by atoms with Gasteiger partial charge >= 0.3 is 0 Å². The number of carbonyl (C=O) groups excluding carboxylic acids is 2. The summed E-state index contributed by atoms with van der Waals surface area (Å²) >= 11 is 6.06. The van der Waals surface area contributed by atoms with Crippen molar-refractivity contribution in [2.24, 2.45) is 5.73 Å². The standard InChI is InChI=1S/C15H20ClN3O3/c16-11-6-5-10(18-15(21)13-3-2-8-22-13)9-12(11)19-14(20)4-1-7-17/h5-6,9,13H,1-4,7-8,17H2,(H,18,21)(H,19,20).